The van der Waals surface area contributed by atoms with E-state index in [9.17, 15) is 0 Å². The first-order chi connectivity index (χ1) is 12.2. The fourth-order valence-corrected chi connectivity index (χ4v) is 2.35. The fourth-order valence-electron chi connectivity index (χ4n) is 2.02. The predicted octanol–water partition coefficient (Wildman–Crippen LogP) is 2.92. The number of nitrogens with one attached hydrogen (secondary N) is 3. The number of anilines is 5. The molecule has 8 nitrogen and oxygen atoms in total. The molecule has 2 heterocycles. The molecule has 3 rings (SSSR count). The Morgan fingerprint density at radius 2 is 1.68 bits per heavy atom. The van der Waals surface area contributed by atoms with E-state index >= 15 is 0 Å². The zero-order valence-corrected chi connectivity index (χ0v) is 14.7. The summed E-state index contributed by atoms with van der Waals surface area (Å²) in [4.78, 5) is 16.9. The summed E-state index contributed by atoms with van der Waals surface area (Å²) in [7, 11) is 0. The Labute approximate surface area is 152 Å². The summed E-state index contributed by atoms with van der Waals surface area (Å²) >= 11 is 3.37. The van der Waals surface area contributed by atoms with Gasteiger partial charge >= 0.3 is 0 Å². The van der Waals surface area contributed by atoms with Crippen molar-refractivity contribution in [2.45, 2.75) is 0 Å². The first kappa shape index (κ1) is 17.1. The van der Waals surface area contributed by atoms with E-state index in [4.69, 9.17) is 5.11 Å². The van der Waals surface area contributed by atoms with Gasteiger partial charge in [0.2, 0.25) is 11.9 Å². The third kappa shape index (κ3) is 4.85. The molecule has 0 saturated carbocycles. The number of rotatable bonds is 7. The lowest BCUT2D eigenvalue weighted by Gasteiger charge is -2.10. The summed E-state index contributed by atoms with van der Waals surface area (Å²) in [6.45, 7) is 0.431. The first-order valence-electron chi connectivity index (χ1n) is 7.53. The van der Waals surface area contributed by atoms with E-state index in [0.717, 1.165) is 15.8 Å². The second kappa shape index (κ2) is 8.36. The lowest BCUT2D eigenvalue weighted by Crippen LogP contribution is -2.09. The minimum Gasteiger partial charge on any atom is -0.395 e. The normalized spacial score (nSPS) is 10.3. The predicted molar refractivity (Wildman–Crippen MR) is 100 cm³/mol. The van der Waals surface area contributed by atoms with Gasteiger partial charge in [-0.2, -0.15) is 4.98 Å². The highest BCUT2D eigenvalue weighted by atomic mass is 79.9. The van der Waals surface area contributed by atoms with Crippen molar-refractivity contribution in [3.05, 3.63) is 53.4 Å². The van der Waals surface area contributed by atoms with E-state index < -0.39 is 0 Å². The minimum absolute atomic E-state index is 0.0223. The summed E-state index contributed by atoms with van der Waals surface area (Å²) in [5, 5.41) is 18.2. The number of aliphatic hydroxyl groups excluding tert-OH is 1. The van der Waals surface area contributed by atoms with Gasteiger partial charge in [-0.3, -0.25) is 0 Å². The van der Waals surface area contributed by atoms with Gasteiger partial charge in [-0.1, -0.05) is 6.07 Å². The molecule has 0 atom stereocenters. The van der Waals surface area contributed by atoms with Crippen molar-refractivity contribution in [2.75, 3.05) is 29.1 Å². The zero-order valence-electron chi connectivity index (χ0n) is 13.1. The molecule has 0 aliphatic rings. The second-order valence-corrected chi connectivity index (χ2v) is 5.80. The number of aliphatic hydroxyl groups is 1. The van der Waals surface area contributed by atoms with E-state index in [1.54, 1.807) is 24.7 Å². The SMILES string of the molecule is OCCNc1nc(Nc2cccc(Nc3ncccn3)c2)ncc1Br. The molecule has 0 bridgehead atoms. The van der Waals surface area contributed by atoms with Gasteiger partial charge in [0.1, 0.15) is 5.82 Å². The Bertz CT molecular complexity index is 832. The summed E-state index contributed by atoms with van der Waals surface area (Å²) in [6, 6.07) is 9.39. The van der Waals surface area contributed by atoms with Crippen molar-refractivity contribution in [1.82, 2.24) is 19.9 Å². The Morgan fingerprint density at radius 3 is 2.40 bits per heavy atom. The molecule has 0 saturated heterocycles. The minimum atomic E-state index is 0.0223. The Kier molecular flexibility index (Phi) is 5.70. The molecule has 0 fully saturated rings. The average Bonchev–Trinajstić information content (AvgIpc) is 2.63. The number of halogens is 1. The monoisotopic (exact) mass is 401 g/mol. The fraction of sp³-hybridized carbons (Fsp3) is 0.125. The van der Waals surface area contributed by atoms with Crippen LogP contribution in [0.5, 0.6) is 0 Å². The van der Waals surface area contributed by atoms with E-state index in [2.05, 4.69) is 51.8 Å². The third-order valence-corrected chi connectivity index (χ3v) is 3.67. The number of hydrogen-bond donors (Lipinski definition) is 4. The lowest BCUT2D eigenvalue weighted by atomic mass is 10.3. The molecule has 0 aliphatic carbocycles. The molecule has 0 radical (unpaired) electrons. The van der Waals surface area contributed by atoms with Crippen molar-refractivity contribution < 1.29 is 5.11 Å². The first-order valence-corrected chi connectivity index (χ1v) is 8.32. The van der Waals surface area contributed by atoms with Gasteiger partial charge in [0.05, 0.1) is 11.1 Å². The summed E-state index contributed by atoms with van der Waals surface area (Å²) in [5.41, 5.74) is 1.66. The summed E-state index contributed by atoms with van der Waals surface area (Å²) in [5.74, 6) is 1.57. The standard InChI is InChI=1S/C16H16BrN7O/c17-13-10-21-16(24-14(13)18-7-8-25)23-12-4-1-3-11(9-12)22-15-19-5-2-6-20-15/h1-6,9-10,25H,7-8H2,(H,19,20,22)(H2,18,21,23,24). The molecule has 0 aliphatic heterocycles. The molecule has 4 N–H and O–H groups in total. The zero-order chi connectivity index (χ0) is 17.5. The molecule has 0 spiro atoms. The molecule has 1 aromatic carbocycles. The topological polar surface area (TPSA) is 108 Å². The van der Waals surface area contributed by atoms with E-state index in [0.29, 0.717) is 24.3 Å². The Hall–Kier alpha value is -2.78. The molecule has 128 valence electrons. The third-order valence-electron chi connectivity index (χ3n) is 3.09. The van der Waals surface area contributed by atoms with Crippen LogP contribution in [0.15, 0.2) is 53.4 Å². The molecule has 0 amide bonds. The van der Waals surface area contributed by atoms with Crippen LogP contribution >= 0.6 is 15.9 Å². The molecule has 25 heavy (non-hydrogen) atoms. The number of benzene rings is 1. The number of hydrogen-bond acceptors (Lipinski definition) is 8. The van der Waals surface area contributed by atoms with Gasteiger partial charge in [0.25, 0.3) is 0 Å². The van der Waals surface area contributed by atoms with Gasteiger partial charge < -0.3 is 21.1 Å². The Balaban J connectivity index is 1.74. The van der Waals surface area contributed by atoms with Crippen LogP contribution in [-0.2, 0) is 0 Å². The van der Waals surface area contributed by atoms with Crippen molar-refractivity contribution in [1.29, 1.82) is 0 Å². The van der Waals surface area contributed by atoms with Gasteiger partial charge in [-0.05, 0) is 40.2 Å². The quantitative estimate of drug-likeness (QED) is 0.478. The molecule has 0 unspecified atom stereocenters. The van der Waals surface area contributed by atoms with Crippen LogP contribution in [0, 0.1) is 0 Å². The van der Waals surface area contributed by atoms with Crippen LogP contribution in [0.2, 0.25) is 0 Å². The van der Waals surface area contributed by atoms with Crippen molar-refractivity contribution in [3.8, 4) is 0 Å². The van der Waals surface area contributed by atoms with Crippen molar-refractivity contribution >= 4 is 45.0 Å². The molecule has 3 aromatic rings. The van der Waals surface area contributed by atoms with Crippen LogP contribution < -0.4 is 16.0 Å². The van der Waals surface area contributed by atoms with Crippen LogP contribution in [0.1, 0.15) is 0 Å². The van der Waals surface area contributed by atoms with E-state index in [1.807, 2.05) is 24.3 Å². The van der Waals surface area contributed by atoms with E-state index in [-0.39, 0.29) is 6.61 Å². The molecule has 2 aromatic heterocycles. The maximum absolute atomic E-state index is 8.92. The van der Waals surface area contributed by atoms with Gasteiger partial charge in [0, 0.05) is 36.5 Å². The number of aromatic nitrogens is 4. The Morgan fingerprint density at radius 1 is 0.960 bits per heavy atom. The average molecular weight is 402 g/mol. The highest BCUT2D eigenvalue weighted by Gasteiger charge is 2.06. The second-order valence-electron chi connectivity index (χ2n) is 4.94. The molecular formula is C16H16BrN7O. The summed E-state index contributed by atoms with van der Waals surface area (Å²) < 4.78 is 0.725. The summed E-state index contributed by atoms with van der Waals surface area (Å²) in [6.07, 6.45) is 5.00. The van der Waals surface area contributed by atoms with Crippen LogP contribution in [0.3, 0.4) is 0 Å². The van der Waals surface area contributed by atoms with E-state index in [1.165, 1.54) is 0 Å². The smallest absolute Gasteiger partial charge is 0.229 e. The highest BCUT2D eigenvalue weighted by Crippen LogP contribution is 2.23. The number of nitrogens with zero attached hydrogens (tertiary/aromatic N) is 4. The van der Waals surface area contributed by atoms with Crippen LogP contribution in [0.4, 0.5) is 29.1 Å². The van der Waals surface area contributed by atoms with Crippen molar-refractivity contribution in [2.24, 2.45) is 0 Å². The maximum Gasteiger partial charge on any atom is 0.229 e. The maximum atomic E-state index is 8.92. The van der Waals surface area contributed by atoms with Gasteiger partial charge in [-0.15, -0.1) is 0 Å². The van der Waals surface area contributed by atoms with Gasteiger partial charge in [0.15, 0.2) is 0 Å². The lowest BCUT2D eigenvalue weighted by molar-refractivity contribution is 0.311. The van der Waals surface area contributed by atoms with Crippen LogP contribution in [0.25, 0.3) is 0 Å². The van der Waals surface area contributed by atoms with Crippen molar-refractivity contribution in [3.63, 3.8) is 0 Å². The highest BCUT2D eigenvalue weighted by molar-refractivity contribution is 9.10. The largest absolute Gasteiger partial charge is 0.395 e. The van der Waals surface area contributed by atoms with Gasteiger partial charge in [-0.25, -0.2) is 15.0 Å². The van der Waals surface area contributed by atoms with Crippen LogP contribution in [-0.4, -0.2) is 38.2 Å². The molecular weight excluding hydrogens is 386 g/mol. The molecule has 9 heteroatoms.